The molecule has 20 radical (unpaired) electrons. The summed E-state index contributed by atoms with van der Waals surface area (Å²) in [6.45, 7) is 0. The van der Waals surface area contributed by atoms with Crippen molar-refractivity contribution in [3.8, 4) is 45.3 Å². The molecule has 0 unspecified atom stereocenters. The highest BCUT2D eigenvalue weighted by Crippen LogP contribution is 2.43. The van der Waals surface area contributed by atoms with Crippen LogP contribution in [0, 0.1) is 0 Å². The smallest absolute Gasteiger partial charge is 0.164 e. The fourth-order valence-electron chi connectivity index (χ4n) is 7.02. The van der Waals surface area contributed by atoms with Gasteiger partial charge in [0.1, 0.15) is 89.6 Å². The zero-order valence-corrected chi connectivity index (χ0v) is 29.3. The summed E-state index contributed by atoms with van der Waals surface area (Å²) in [7, 11) is 63.0. The van der Waals surface area contributed by atoms with E-state index in [2.05, 4.69) is 53.5 Å². The largest absolute Gasteiger partial charge is 0.455 e. The van der Waals surface area contributed by atoms with E-state index in [9.17, 15) is 0 Å². The molecule has 0 aliphatic rings. The van der Waals surface area contributed by atoms with Gasteiger partial charge < -0.3 is 4.42 Å². The number of nitrogens with zero attached hydrogens (tertiary/aromatic N) is 3. The lowest BCUT2D eigenvalue weighted by Crippen LogP contribution is -2.55. The van der Waals surface area contributed by atoms with Crippen molar-refractivity contribution in [2.24, 2.45) is 0 Å². The van der Waals surface area contributed by atoms with Crippen LogP contribution in [0.1, 0.15) is 0 Å². The number of aromatic nitrogens is 3. The Morgan fingerprint density at radius 2 is 0.926 bits per heavy atom. The van der Waals surface area contributed by atoms with Gasteiger partial charge in [0.25, 0.3) is 0 Å². The molecule has 0 aliphatic carbocycles. The summed E-state index contributed by atoms with van der Waals surface area (Å²) >= 11 is 1.76. The SMILES string of the molecule is [B]c1c([B])c([B])c(-c2nc(-c3ccc4c(c3)oc3c(-c5cccc6c5sc5ccccc56)cccc34)nc(-c3c([B])c([B])c([B])c([B])c3[B])n2)c([B])c1[B]. The van der Waals surface area contributed by atoms with E-state index in [1.807, 2.05) is 30.3 Å². The van der Waals surface area contributed by atoms with Crippen molar-refractivity contribution in [3.05, 3.63) is 78.9 Å². The Kier molecular flexibility index (Phi) is 8.24. The molecule has 0 atom stereocenters. The van der Waals surface area contributed by atoms with Crippen molar-refractivity contribution < 1.29 is 4.42 Å². The summed E-state index contributed by atoms with van der Waals surface area (Å²) in [5.41, 5.74) is 4.48. The molecular weight excluding hydrogens is 667 g/mol. The molecular formula is C39H13B10N3OS. The van der Waals surface area contributed by atoms with E-state index in [4.69, 9.17) is 92.8 Å². The van der Waals surface area contributed by atoms with Crippen LogP contribution in [0.4, 0.5) is 0 Å². The van der Waals surface area contributed by atoms with E-state index in [1.54, 1.807) is 11.3 Å². The Morgan fingerprint density at radius 1 is 0.426 bits per heavy atom. The molecule has 6 aromatic carbocycles. The third kappa shape index (κ3) is 5.15. The van der Waals surface area contributed by atoms with Gasteiger partial charge >= 0.3 is 0 Å². The molecule has 0 saturated carbocycles. The molecule has 0 amide bonds. The number of furan rings is 1. The van der Waals surface area contributed by atoms with E-state index in [0.717, 1.165) is 27.5 Å². The molecule has 226 valence electrons. The van der Waals surface area contributed by atoms with Crippen LogP contribution in [0.2, 0.25) is 0 Å². The average Bonchev–Trinajstić information content (AvgIpc) is 3.76. The lowest BCUT2D eigenvalue weighted by molar-refractivity contribution is 0.670. The molecule has 54 heavy (non-hydrogen) atoms. The van der Waals surface area contributed by atoms with Gasteiger partial charge in [0.05, 0.1) is 0 Å². The summed E-state index contributed by atoms with van der Waals surface area (Å²) in [4.78, 5) is 14.3. The van der Waals surface area contributed by atoms with Gasteiger partial charge in [-0.15, -0.1) is 44.1 Å². The van der Waals surface area contributed by atoms with E-state index in [-0.39, 0.29) is 83.2 Å². The molecule has 0 bridgehead atoms. The molecule has 0 spiro atoms. The van der Waals surface area contributed by atoms with Crippen LogP contribution in [-0.2, 0) is 0 Å². The minimum Gasteiger partial charge on any atom is -0.455 e. The first-order valence-corrected chi connectivity index (χ1v) is 17.4. The lowest BCUT2D eigenvalue weighted by Gasteiger charge is -2.22. The lowest BCUT2D eigenvalue weighted by atomic mass is 9.60. The maximum Gasteiger partial charge on any atom is 0.164 e. The van der Waals surface area contributed by atoms with Crippen molar-refractivity contribution in [1.29, 1.82) is 0 Å². The molecule has 3 heterocycles. The quantitative estimate of drug-likeness (QED) is 0.219. The van der Waals surface area contributed by atoms with E-state index < -0.39 is 0 Å². The fraction of sp³-hybridized carbons (Fsp3) is 0. The van der Waals surface area contributed by atoms with Crippen LogP contribution in [-0.4, -0.2) is 93.4 Å². The van der Waals surface area contributed by atoms with Crippen LogP contribution in [0.5, 0.6) is 0 Å². The van der Waals surface area contributed by atoms with E-state index in [1.165, 1.54) is 20.2 Å². The first kappa shape index (κ1) is 34.7. The van der Waals surface area contributed by atoms with Crippen LogP contribution in [0.25, 0.3) is 87.4 Å². The first-order chi connectivity index (χ1) is 25.9. The first-order valence-electron chi connectivity index (χ1n) is 16.6. The van der Waals surface area contributed by atoms with Gasteiger partial charge in [-0.25, -0.2) is 15.0 Å². The number of hydrogen-bond donors (Lipinski definition) is 0. The minimum absolute atomic E-state index is 0.0135. The molecule has 0 fully saturated rings. The number of benzene rings is 6. The maximum absolute atomic E-state index is 6.68. The van der Waals surface area contributed by atoms with Crippen LogP contribution < -0.4 is 54.6 Å². The van der Waals surface area contributed by atoms with Gasteiger partial charge in [0, 0.05) is 58.8 Å². The van der Waals surface area contributed by atoms with Gasteiger partial charge in [-0.05, 0) is 18.2 Å². The van der Waals surface area contributed by atoms with Crippen LogP contribution in [0.15, 0.2) is 83.3 Å². The molecule has 9 aromatic rings. The summed E-state index contributed by atoms with van der Waals surface area (Å²) in [5, 5.41) is 4.26. The van der Waals surface area contributed by atoms with E-state index >= 15 is 0 Å². The Hall–Kier alpha value is -5.00. The molecule has 0 N–H and O–H groups in total. The second-order valence-corrected chi connectivity index (χ2v) is 14.0. The van der Waals surface area contributed by atoms with Crippen molar-refractivity contribution >= 4 is 187 Å². The molecule has 15 heteroatoms. The highest BCUT2D eigenvalue weighted by atomic mass is 32.1. The third-order valence-corrected chi connectivity index (χ3v) is 11.2. The molecule has 4 nitrogen and oxygen atoms in total. The van der Waals surface area contributed by atoms with Gasteiger partial charge in [-0.1, -0.05) is 82.5 Å². The number of fused-ring (bicyclic) bond motifs is 6. The number of hydrogen-bond acceptors (Lipinski definition) is 5. The van der Waals surface area contributed by atoms with Gasteiger partial charge in [0.15, 0.2) is 17.5 Å². The predicted octanol–water partition coefficient (Wildman–Crippen LogP) is -1.26. The average molecular weight is 680 g/mol. The Morgan fingerprint density at radius 3 is 1.54 bits per heavy atom. The predicted molar refractivity (Wildman–Crippen MR) is 236 cm³/mol. The number of rotatable bonds is 4. The molecule has 0 aliphatic heterocycles. The molecule has 0 saturated heterocycles. The van der Waals surface area contributed by atoms with Crippen molar-refractivity contribution in [3.63, 3.8) is 0 Å². The zero-order chi connectivity index (χ0) is 37.7. The van der Waals surface area contributed by atoms with Crippen molar-refractivity contribution in [2.75, 3.05) is 0 Å². The standard InChI is InChI=1S/C39H13B10N3OS/c40-25-23(26(41)30(45)33(48)29(25)44)38-50-37(51-39(52-38)24-27(42)31(46)34(49)32(47)28(24)43)14-11-12-15-17-6-3-7-18(35(17)53-21(15)13-14)20-9-4-8-19-16-5-1-2-10-22(16)54-36(19)20/h1-13H. The number of para-hydroxylation sites is 1. The summed E-state index contributed by atoms with van der Waals surface area (Å²) in [6, 6.07) is 26.6. The third-order valence-electron chi connectivity index (χ3n) is 9.93. The Bertz CT molecular complexity index is 2940. The normalized spacial score (nSPS) is 11.7. The zero-order valence-electron chi connectivity index (χ0n) is 28.4. The monoisotopic (exact) mass is 681 g/mol. The van der Waals surface area contributed by atoms with Gasteiger partial charge in [-0.3, -0.25) is 0 Å². The van der Waals surface area contributed by atoms with Crippen molar-refractivity contribution in [2.45, 2.75) is 0 Å². The van der Waals surface area contributed by atoms with Crippen molar-refractivity contribution in [1.82, 2.24) is 15.0 Å². The summed E-state index contributed by atoms with van der Waals surface area (Å²) in [6.07, 6.45) is 0. The summed E-state index contributed by atoms with van der Waals surface area (Å²) in [5.74, 6) is 0.215. The van der Waals surface area contributed by atoms with E-state index in [0.29, 0.717) is 11.1 Å². The van der Waals surface area contributed by atoms with Gasteiger partial charge in [0.2, 0.25) is 0 Å². The molecule has 3 aromatic heterocycles. The number of thiophene rings is 1. The van der Waals surface area contributed by atoms with Crippen LogP contribution >= 0.6 is 11.3 Å². The maximum atomic E-state index is 6.68. The van der Waals surface area contributed by atoms with Crippen LogP contribution in [0.3, 0.4) is 0 Å². The highest BCUT2D eigenvalue weighted by molar-refractivity contribution is 7.26. The Labute approximate surface area is 328 Å². The molecule has 9 rings (SSSR count). The second-order valence-electron chi connectivity index (χ2n) is 13.0. The summed E-state index contributed by atoms with van der Waals surface area (Å²) < 4.78 is 9.08. The van der Waals surface area contributed by atoms with Gasteiger partial charge in [-0.2, -0.15) is 0 Å². The minimum atomic E-state index is 0.0135. The second kappa shape index (κ2) is 12.8. The highest BCUT2D eigenvalue weighted by Gasteiger charge is 2.22. The Balaban J connectivity index is 1.27. The fourth-order valence-corrected chi connectivity index (χ4v) is 8.25. The topological polar surface area (TPSA) is 51.8 Å².